The molecule has 2 aromatic heterocycles. The van der Waals surface area contributed by atoms with E-state index in [4.69, 9.17) is 4.98 Å². The van der Waals surface area contributed by atoms with Crippen LogP contribution in [0.25, 0.3) is 83.1 Å². The van der Waals surface area contributed by atoms with Crippen molar-refractivity contribution in [3.05, 3.63) is 180 Å². The molecule has 0 saturated carbocycles. The van der Waals surface area contributed by atoms with E-state index in [-0.39, 0.29) is 5.56 Å². The van der Waals surface area contributed by atoms with E-state index in [1.165, 1.54) is 5.56 Å². The van der Waals surface area contributed by atoms with Gasteiger partial charge in [-0.2, -0.15) is 0 Å². The quantitative estimate of drug-likeness (QED) is 0.184. The summed E-state index contributed by atoms with van der Waals surface area (Å²) in [7, 11) is 0. The highest BCUT2D eigenvalue weighted by Gasteiger charge is 2.21. The van der Waals surface area contributed by atoms with Gasteiger partial charge in [0.15, 0.2) is 0 Å². The van der Waals surface area contributed by atoms with Gasteiger partial charge in [0.05, 0.1) is 11.0 Å². The largest absolute Gasteiger partial charge is 0.268 e. The number of benzene rings is 7. The van der Waals surface area contributed by atoms with Crippen LogP contribution < -0.4 is 5.56 Å². The van der Waals surface area contributed by atoms with Gasteiger partial charge in [0.1, 0.15) is 5.82 Å². The highest BCUT2D eigenvalue weighted by atomic mass is 16.1. The van der Waals surface area contributed by atoms with Crippen LogP contribution in [0.4, 0.5) is 0 Å². The molecule has 0 aliphatic rings. The SMILES string of the molecule is O=c1c2ccc(-c3ccccc3)cc2c2cc(-c3cccc(-c4ccccc4)c3)cc3nc(-c4cccc(-c5ccccc5)c4)n1c32. The molecule has 0 saturated heterocycles. The molecule has 9 rings (SSSR count). The second-order valence-electron chi connectivity index (χ2n) is 12.0. The van der Waals surface area contributed by atoms with Crippen LogP contribution in [0.15, 0.2) is 175 Å². The number of nitrogens with zero attached hydrogens (tertiary/aromatic N) is 2. The minimum atomic E-state index is -0.0615. The van der Waals surface area contributed by atoms with Crippen molar-refractivity contribution >= 4 is 27.2 Å². The standard InChI is InChI=1S/C44H28N2O/c47-44-38-23-22-35(31-16-8-3-9-17-31)26-39(38)40-27-37(34-20-10-18-32(24-34)29-12-4-1-5-13-29)28-41-42(40)46(44)43(45-41)36-21-11-19-33(25-36)30-14-6-2-7-15-30/h1-28H. The zero-order valence-corrected chi connectivity index (χ0v) is 25.5. The topological polar surface area (TPSA) is 34.4 Å². The first-order valence-electron chi connectivity index (χ1n) is 15.8. The summed E-state index contributed by atoms with van der Waals surface area (Å²) in [4.78, 5) is 19.6. The second-order valence-corrected chi connectivity index (χ2v) is 12.0. The molecule has 47 heavy (non-hydrogen) atoms. The number of rotatable bonds is 5. The minimum Gasteiger partial charge on any atom is -0.268 e. The molecule has 0 unspecified atom stereocenters. The van der Waals surface area contributed by atoms with E-state index in [1.54, 1.807) is 0 Å². The number of hydrogen-bond donors (Lipinski definition) is 0. The summed E-state index contributed by atoms with van der Waals surface area (Å²) in [5.74, 6) is 0.650. The lowest BCUT2D eigenvalue weighted by Crippen LogP contribution is -2.14. The van der Waals surface area contributed by atoms with Crippen LogP contribution in [-0.2, 0) is 0 Å². The zero-order valence-electron chi connectivity index (χ0n) is 25.5. The molecule has 2 heterocycles. The highest BCUT2D eigenvalue weighted by molar-refractivity contribution is 6.14. The van der Waals surface area contributed by atoms with Gasteiger partial charge in [-0.1, -0.05) is 133 Å². The molecule has 0 bridgehead atoms. The lowest BCUT2D eigenvalue weighted by molar-refractivity contribution is 1.13. The van der Waals surface area contributed by atoms with Crippen molar-refractivity contribution in [2.45, 2.75) is 0 Å². The molecule has 0 aliphatic carbocycles. The van der Waals surface area contributed by atoms with E-state index in [9.17, 15) is 4.79 Å². The molecule has 0 fully saturated rings. The summed E-state index contributed by atoms with van der Waals surface area (Å²) in [6, 6.07) is 58.6. The Balaban J connectivity index is 1.33. The predicted molar refractivity (Wildman–Crippen MR) is 195 cm³/mol. The molecule has 220 valence electrons. The smallest absolute Gasteiger partial charge is 0.264 e. The molecule has 0 radical (unpaired) electrons. The summed E-state index contributed by atoms with van der Waals surface area (Å²) in [6.45, 7) is 0. The van der Waals surface area contributed by atoms with E-state index >= 15 is 0 Å². The third-order valence-corrected chi connectivity index (χ3v) is 9.13. The molecular formula is C44H28N2O. The van der Waals surface area contributed by atoms with Gasteiger partial charge in [0, 0.05) is 16.3 Å². The van der Waals surface area contributed by atoms with Gasteiger partial charge in [0.2, 0.25) is 0 Å². The molecule has 3 heteroatoms. The minimum absolute atomic E-state index is 0.0615. The monoisotopic (exact) mass is 600 g/mol. The van der Waals surface area contributed by atoms with Crippen LogP contribution in [0.2, 0.25) is 0 Å². The van der Waals surface area contributed by atoms with Crippen molar-refractivity contribution < 1.29 is 0 Å². The highest BCUT2D eigenvalue weighted by Crippen LogP contribution is 2.38. The Morgan fingerprint density at radius 2 is 0.830 bits per heavy atom. The van der Waals surface area contributed by atoms with Crippen molar-refractivity contribution in [3.63, 3.8) is 0 Å². The summed E-state index contributed by atoms with van der Waals surface area (Å²) < 4.78 is 1.82. The third kappa shape index (κ3) is 4.60. The van der Waals surface area contributed by atoms with Crippen LogP contribution in [0, 0.1) is 0 Å². The van der Waals surface area contributed by atoms with Crippen molar-refractivity contribution in [3.8, 4) is 55.9 Å². The normalized spacial score (nSPS) is 11.5. The Bertz CT molecular complexity index is 2620. The maximum atomic E-state index is 14.4. The van der Waals surface area contributed by atoms with Crippen LogP contribution in [0.3, 0.4) is 0 Å². The van der Waals surface area contributed by atoms with E-state index in [0.717, 1.165) is 66.3 Å². The van der Waals surface area contributed by atoms with Crippen molar-refractivity contribution in [2.24, 2.45) is 0 Å². The Labute approximate surface area is 272 Å². The average molecular weight is 601 g/mol. The van der Waals surface area contributed by atoms with Gasteiger partial charge in [-0.05, 0) is 86.3 Å². The van der Waals surface area contributed by atoms with E-state index in [1.807, 2.05) is 71.1 Å². The number of hydrogen-bond acceptors (Lipinski definition) is 2. The number of fused-ring (bicyclic) bond motifs is 2. The Kier molecular flexibility index (Phi) is 6.29. The Morgan fingerprint density at radius 3 is 1.43 bits per heavy atom. The van der Waals surface area contributed by atoms with Crippen LogP contribution in [-0.4, -0.2) is 9.38 Å². The van der Waals surface area contributed by atoms with Crippen molar-refractivity contribution in [2.75, 3.05) is 0 Å². The molecule has 7 aromatic carbocycles. The average Bonchev–Trinajstić information content (AvgIpc) is 3.55. The van der Waals surface area contributed by atoms with Crippen LogP contribution >= 0.6 is 0 Å². The molecule has 3 nitrogen and oxygen atoms in total. The zero-order chi connectivity index (χ0) is 31.3. The predicted octanol–water partition coefficient (Wildman–Crippen LogP) is 10.8. The number of aromatic nitrogens is 2. The van der Waals surface area contributed by atoms with Crippen LogP contribution in [0.1, 0.15) is 0 Å². The first-order valence-corrected chi connectivity index (χ1v) is 15.8. The summed E-state index contributed by atoms with van der Waals surface area (Å²) >= 11 is 0. The summed E-state index contributed by atoms with van der Waals surface area (Å²) in [6.07, 6.45) is 0. The van der Waals surface area contributed by atoms with Crippen LogP contribution in [0.5, 0.6) is 0 Å². The lowest BCUT2D eigenvalue weighted by Gasteiger charge is -2.12. The molecule has 0 aliphatic heterocycles. The molecular weight excluding hydrogens is 572 g/mol. The van der Waals surface area contributed by atoms with Gasteiger partial charge in [-0.3, -0.25) is 9.20 Å². The Morgan fingerprint density at radius 1 is 0.362 bits per heavy atom. The first kappa shape index (κ1) is 27.0. The maximum Gasteiger partial charge on any atom is 0.264 e. The fraction of sp³-hybridized carbons (Fsp3) is 0. The van der Waals surface area contributed by atoms with E-state index in [0.29, 0.717) is 11.2 Å². The van der Waals surface area contributed by atoms with Crippen molar-refractivity contribution in [1.82, 2.24) is 9.38 Å². The fourth-order valence-corrected chi connectivity index (χ4v) is 6.83. The van der Waals surface area contributed by atoms with Gasteiger partial charge < -0.3 is 0 Å². The second kappa shape index (κ2) is 10.9. The summed E-state index contributed by atoms with van der Waals surface area (Å²) in [5, 5.41) is 2.61. The van der Waals surface area contributed by atoms with Gasteiger partial charge in [-0.25, -0.2) is 4.98 Å². The summed E-state index contributed by atoms with van der Waals surface area (Å²) in [5.41, 5.74) is 11.4. The molecule has 9 aromatic rings. The molecule has 0 atom stereocenters. The van der Waals surface area contributed by atoms with Gasteiger partial charge in [-0.15, -0.1) is 0 Å². The molecule has 0 spiro atoms. The van der Waals surface area contributed by atoms with E-state index < -0.39 is 0 Å². The fourth-order valence-electron chi connectivity index (χ4n) is 6.83. The number of pyridine rings is 1. The molecule has 0 amide bonds. The first-order chi connectivity index (χ1) is 23.2. The van der Waals surface area contributed by atoms with E-state index in [2.05, 4.69) is 103 Å². The number of imidazole rings is 1. The maximum absolute atomic E-state index is 14.4. The Hall–Kier alpha value is -6.32. The van der Waals surface area contributed by atoms with Gasteiger partial charge >= 0.3 is 0 Å². The van der Waals surface area contributed by atoms with Crippen molar-refractivity contribution in [1.29, 1.82) is 0 Å². The van der Waals surface area contributed by atoms with Gasteiger partial charge in [0.25, 0.3) is 5.56 Å². The lowest BCUT2D eigenvalue weighted by atomic mass is 9.95. The molecule has 0 N–H and O–H groups in total. The third-order valence-electron chi connectivity index (χ3n) is 9.13.